The Balaban J connectivity index is 2.51. The minimum atomic E-state index is -4.51. The average molecular weight is 352 g/mol. The Hall–Kier alpha value is -2.22. The number of hydrogen-bond donors (Lipinski definition) is 2. The van der Waals surface area contributed by atoms with Crippen LogP contribution in [0.25, 0.3) is 0 Å². The van der Waals surface area contributed by atoms with Crippen molar-refractivity contribution in [2.45, 2.75) is 12.7 Å². The molecule has 126 valence electrons. The third-order valence-corrected chi connectivity index (χ3v) is 2.61. The fourth-order valence-corrected chi connectivity index (χ4v) is 1.40. The third-order valence-electron chi connectivity index (χ3n) is 2.36. The van der Waals surface area contributed by atoms with Crippen molar-refractivity contribution in [1.82, 2.24) is 5.32 Å². The summed E-state index contributed by atoms with van der Waals surface area (Å²) >= 11 is 5.72. The van der Waals surface area contributed by atoms with Crippen molar-refractivity contribution < 1.29 is 22.3 Å². The normalized spacial score (nSPS) is 12.9. The standard InChI is InChI=1S/C14H14ClF4N3O/c1-9(23-8-14(17,18)19)21-7-12(16)13(20)22-6-10-2-4-11(15)5-3-10/h2-5,7,21H,1,6,8H2,(H2,20,22). The van der Waals surface area contributed by atoms with Gasteiger partial charge < -0.3 is 15.8 Å². The number of halogens is 5. The van der Waals surface area contributed by atoms with Crippen LogP contribution in [0.1, 0.15) is 5.56 Å². The Bertz CT molecular complexity index is 597. The zero-order valence-corrected chi connectivity index (χ0v) is 12.6. The highest BCUT2D eigenvalue weighted by Gasteiger charge is 2.28. The molecule has 0 radical (unpaired) electrons. The number of nitrogens with two attached hydrogens (primary N) is 1. The van der Waals surface area contributed by atoms with Crippen LogP contribution in [0.3, 0.4) is 0 Å². The van der Waals surface area contributed by atoms with Gasteiger partial charge in [-0.25, -0.2) is 4.39 Å². The van der Waals surface area contributed by atoms with Gasteiger partial charge in [0.1, 0.15) is 0 Å². The molecule has 9 heteroatoms. The Kier molecular flexibility index (Phi) is 6.89. The van der Waals surface area contributed by atoms with Crippen molar-refractivity contribution in [3.05, 3.63) is 59.3 Å². The Labute approximate surface area is 135 Å². The van der Waals surface area contributed by atoms with Crippen LogP contribution >= 0.6 is 11.6 Å². The lowest BCUT2D eigenvalue weighted by Gasteiger charge is -2.10. The molecule has 1 aromatic rings. The lowest BCUT2D eigenvalue weighted by atomic mass is 10.2. The van der Waals surface area contributed by atoms with Crippen LogP contribution in [0.15, 0.2) is 53.7 Å². The number of nitrogens with zero attached hydrogens (tertiary/aromatic N) is 1. The van der Waals surface area contributed by atoms with Gasteiger partial charge in [0.15, 0.2) is 24.2 Å². The van der Waals surface area contributed by atoms with Crippen LogP contribution in [-0.2, 0) is 11.3 Å². The van der Waals surface area contributed by atoms with Crippen LogP contribution < -0.4 is 11.1 Å². The summed E-state index contributed by atoms with van der Waals surface area (Å²) in [6.07, 6.45) is -3.80. The van der Waals surface area contributed by atoms with Gasteiger partial charge in [0, 0.05) is 11.2 Å². The van der Waals surface area contributed by atoms with Crippen molar-refractivity contribution in [2.24, 2.45) is 10.7 Å². The van der Waals surface area contributed by atoms with Crippen molar-refractivity contribution in [3.63, 3.8) is 0 Å². The SMILES string of the molecule is C=C(NC=C(F)C(N)=NCc1ccc(Cl)cc1)OCC(F)(F)F. The lowest BCUT2D eigenvalue weighted by Crippen LogP contribution is -2.21. The highest BCUT2D eigenvalue weighted by molar-refractivity contribution is 6.30. The molecule has 0 saturated heterocycles. The molecule has 0 aliphatic rings. The summed E-state index contributed by atoms with van der Waals surface area (Å²) in [4.78, 5) is 3.80. The number of aliphatic imine (C=N–C) groups is 1. The van der Waals surface area contributed by atoms with Gasteiger partial charge in [-0.1, -0.05) is 23.7 Å². The Morgan fingerprint density at radius 1 is 1.35 bits per heavy atom. The molecule has 0 unspecified atom stereocenters. The molecule has 0 amide bonds. The first-order valence-corrected chi connectivity index (χ1v) is 6.60. The number of nitrogens with one attached hydrogen (secondary N) is 1. The van der Waals surface area contributed by atoms with Gasteiger partial charge in [0.25, 0.3) is 0 Å². The van der Waals surface area contributed by atoms with Crippen LogP contribution in [0.4, 0.5) is 17.6 Å². The molecule has 0 saturated carbocycles. The van der Waals surface area contributed by atoms with Crippen molar-refractivity contribution >= 4 is 17.4 Å². The number of benzene rings is 1. The van der Waals surface area contributed by atoms with E-state index in [4.69, 9.17) is 17.3 Å². The summed E-state index contributed by atoms with van der Waals surface area (Å²) in [5.41, 5.74) is 6.17. The molecule has 0 heterocycles. The molecule has 23 heavy (non-hydrogen) atoms. The van der Waals surface area contributed by atoms with E-state index in [0.717, 1.165) is 5.56 Å². The largest absolute Gasteiger partial charge is 0.470 e. The fraction of sp³-hybridized carbons (Fsp3) is 0.214. The van der Waals surface area contributed by atoms with Crippen LogP contribution in [-0.4, -0.2) is 18.6 Å². The maximum Gasteiger partial charge on any atom is 0.422 e. The molecule has 4 nitrogen and oxygen atoms in total. The second-order valence-electron chi connectivity index (χ2n) is 4.29. The molecular formula is C14H14ClF4N3O. The molecule has 0 aliphatic carbocycles. The minimum absolute atomic E-state index is 0.121. The van der Waals surface area contributed by atoms with E-state index in [1.807, 2.05) is 0 Å². The zero-order chi connectivity index (χ0) is 17.5. The average Bonchev–Trinajstić information content (AvgIpc) is 2.49. The van der Waals surface area contributed by atoms with E-state index in [1.165, 1.54) is 0 Å². The van der Waals surface area contributed by atoms with Crippen LogP contribution in [0.2, 0.25) is 5.02 Å². The van der Waals surface area contributed by atoms with E-state index in [2.05, 4.69) is 21.6 Å². The first-order valence-electron chi connectivity index (χ1n) is 6.23. The van der Waals surface area contributed by atoms with Gasteiger partial charge in [-0.15, -0.1) is 0 Å². The second-order valence-corrected chi connectivity index (χ2v) is 4.73. The van der Waals surface area contributed by atoms with Gasteiger partial charge in [-0.05, 0) is 24.3 Å². The predicted octanol–water partition coefficient (Wildman–Crippen LogP) is 3.65. The fourth-order valence-electron chi connectivity index (χ4n) is 1.27. The lowest BCUT2D eigenvalue weighted by molar-refractivity contribution is -0.165. The van der Waals surface area contributed by atoms with E-state index < -0.39 is 30.3 Å². The second kappa shape index (κ2) is 8.42. The summed E-state index contributed by atoms with van der Waals surface area (Å²) < 4.78 is 53.5. The summed E-state index contributed by atoms with van der Waals surface area (Å²) in [5.74, 6) is -1.85. The van der Waals surface area contributed by atoms with Crippen molar-refractivity contribution in [2.75, 3.05) is 6.61 Å². The molecule has 0 aliphatic heterocycles. The third kappa shape index (κ3) is 8.10. The summed E-state index contributed by atoms with van der Waals surface area (Å²) in [6.45, 7) is 1.74. The maximum atomic E-state index is 13.6. The van der Waals surface area contributed by atoms with Crippen LogP contribution in [0.5, 0.6) is 0 Å². The highest BCUT2D eigenvalue weighted by Crippen LogP contribution is 2.15. The summed E-state index contributed by atoms with van der Waals surface area (Å²) in [6, 6.07) is 6.70. The minimum Gasteiger partial charge on any atom is -0.470 e. The number of rotatable bonds is 7. The van der Waals surface area contributed by atoms with E-state index in [1.54, 1.807) is 24.3 Å². The van der Waals surface area contributed by atoms with Crippen molar-refractivity contribution in [3.8, 4) is 0 Å². The molecule has 1 aromatic carbocycles. The van der Waals surface area contributed by atoms with Crippen LogP contribution in [0, 0.1) is 0 Å². The topological polar surface area (TPSA) is 59.6 Å². The van der Waals surface area contributed by atoms with E-state index in [-0.39, 0.29) is 6.54 Å². The van der Waals surface area contributed by atoms with Gasteiger partial charge >= 0.3 is 6.18 Å². The number of amidine groups is 1. The maximum absolute atomic E-state index is 13.6. The van der Waals surface area contributed by atoms with Gasteiger partial charge in [-0.3, -0.25) is 4.99 Å². The smallest absolute Gasteiger partial charge is 0.422 e. The number of hydrogen-bond acceptors (Lipinski definition) is 3. The monoisotopic (exact) mass is 351 g/mol. The highest BCUT2D eigenvalue weighted by atomic mass is 35.5. The quantitative estimate of drug-likeness (QED) is 0.341. The molecule has 0 atom stereocenters. The molecular weight excluding hydrogens is 338 g/mol. The number of ether oxygens (including phenoxy) is 1. The van der Waals surface area contributed by atoms with Crippen molar-refractivity contribution in [1.29, 1.82) is 0 Å². The first-order chi connectivity index (χ1) is 10.7. The van der Waals surface area contributed by atoms with E-state index in [9.17, 15) is 17.6 Å². The van der Waals surface area contributed by atoms with Gasteiger partial charge in [-0.2, -0.15) is 13.2 Å². The Morgan fingerprint density at radius 3 is 2.52 bits per heavy atom. The van der Waals surface area contributed by atoms with E-state index >= 15 is 0 Å². The van der Waals surface area contributed by atoms with Gasteiger partial charge in [0.2, 0.25) is 0 Å². The number of alkyl halides is 3. The Morgan fingerprint density at radius 2 is 1.96 bits per heavy atom. The molecule has 0 fully saturated rings. The molecule has 1 rings (SSSR count). The molecule has 3 N–H and O–H groups in total. The predicted molar refractivity (Wildman–Crippen MR) is 80.3 cm³/mol. The molecule has 0 spiro atoms. The summed E-state index contributed by atoms with van der Waals surface area (Å²) in [7, 11) is 0. The zero-order valence-electron chi connectivity index (χ0n) is 11.8. The first kappa shape index (κ1) is 18.8. The van der Waals surface area contributed by atoms with E-state index in [0.29, 0.717) is 11.2 Å². The summed E-state index contributed by atoms with van der Waals surface area (Å²) in [5, 5.41) is 2.66. The molecule has 0 bridgehead atoms. The van der Waals surface area contributed by atoms with Gasteiger partial charge in [0.05, 0.1) is 6.54 Å². The molecule has 0 aromatic heterocycles.